The fraction of sp³-hybridized carbons (Fsp3) is 0.400. The second-order valence-corrected chi connectivity index (χ2v) is 8.66. The van der Waals surface area contributed by atoms with Crippen molar-refractivity contribution in [3.63, 3.8) is 0 Å². The first kappa shape index (κ1) is 16.3. The molecule has 0 fully saturated rings. The third-order valence-corrected chi connectivity index (χ3v) is 6.34. The summed E-state index contributed by atoms with van der Waals surface area (Å²) < 4.78 is 50.1. The highest BCUT2D eigenvalue weighted by molar-refractivity contribution is 7.91. The topological polar surface area (TPSA) is 83.6 Å². The largest absolute Gasteiger partial charge is 0.250 e. The molecule has 1 heterocycles. The first-order valence-electron chi connectivity index (χ1n) is 5.36. The van der Waals surface area contributed by atoms with E-state index < -0.39 is 20.0 Å². The summed E-state index contributed by atoms with van der Waals surface area (Å²) in [5.41, 5.74) is 0. The van der Waals surface area contributed by atoms with Crippen molar-refractivity contribution in [2.45, 2.75) is 4.21 Å². The van der Waals surface area contributed by atoms with E-state index >= 15 is 0 Å². The number of hydrogen-bond acceptors (Lipinski definition) is 5. The summed E-state index contributed by atoms with van der Waals surface area (Å²) in [6, 6.07) is 3.13. The molecule has 6 nitrogen and oxygen atoms in total. The van der Waals surface area contributed by atoms with Gasteiger partial charge in [0.1, 0.15) is 4.21 Å². The summed E-state index contributed by atoms with van der Waals surface area (Å²) in [5.74, 6) is 0. The lowest BCUT2D eigenvalue weighted by Gasteiger charge is -2.17. The van der Waals surface area contributed by atoms with Crippen molar-refractivity contribution in [2.75, 3.05) is 25.9 Å². The molecule has 0 atom stereocenters. The quantitative estimate of drug-likeness (QED) is 0.705. The van der Waals surface area contributed by atoms with Crippen LogP contribution in [0.5, 0.6) is 0 Å². The Morgan fingerprint density at radius 1 is 1.42 bits per heavy atom. The van der Waals surface area contributed by atoms with Crippen LogP contribution in [-0.4, -0.2) is 47.0 Å². The maximum absolute atomic E-state index is 11.8. The minimum Gasteiger partial charge on any atom is -0.212 e. The lowest BCUT2D eigenvalue weighted by molar-refractivity contribution is 0.448. The summed E-state index contributed by atoms with van der Waals surface area (Å²) in [6.45, 7) is 3.70. The molecule has 9 heteroatoms. The molecule has 1 N–H and O–H groups in total. The van der Waals surface area contributed by atoms with Crippen LogP contribution in [0.15, 0.2) is 34.4 Å². The van der Waals surface area contributed by atoms with E-state index in [4.69, 9.17) is 0 Å². The molecule has 0 aliphatic rings. The van der Waals surface area contributed by atoms with E-state index in [1.807, 2.05) is 0 Å². The molecule has 0 saturated carbocycles. The van der Waals surface area contributed by atoms with Gasteiger partial charge in [-0.1, -0.05) is 12.1 Å². The zero-order chi connectivity index (χ0) is 14.5. The van der Waals surface area contributed by atoms with Crippen molar-refractivity contribution >= 4 is 31.4 Å². The van der Waals surface area contributed by atoms with Gasteiger partial charge in [0.25, 0.3) is 0 Å². The third-order valence-electron chi connectivity index (χ3n) is 2.21. The predicted molar refractivity (Wildman–Crippen MR) is 76.1 cm³/mol. The van der Waals surface area contributed by atoms with Crippen molar-refractivity contribution < 1.29 is 16.8 Å². The molecule has 1 rings (SSSR count). The molecule has 19 heavy (non-hydrogen) atoms. The number of thiophene rings is 1. The molecular weight excluding hydrogens is 308 g/mol. The summed E-state index contributed by atoms with van der Waals surface area (Å²) in [7, 11) is -6.92. The van der Waals surface area contributed by atoms with Crippen LogP contribution in [0, 0.1) is 0 Å². The van der Waals surface area contributed by atoms with Gasteiger partial charge in [0.15, 0.2) is 0 Å². The number of nitrogens with one attached hydrogen (secondary N) is 1. The van der Waals surface area contributed by atoms with Gasteiger partial charge in [0.05, 0.1) is 6.26 Å². The van der Waals surface area contributed by atoms with Gasteiger partial charge in [-0.05, 0) is 11.4 Å². The zero-order valence-electron chi connectivity index (χ0n) is 10.4. The van der Waals surface area contributed by atoms with Crippen LogP contribution in [-0.2, 0) is 20.0 Å². The van der Waals surface area contributed by atoms with E-state index in [0.717, 1.165) is 21.9 Å². The Balaban J connectivity index is 2.60. The molecule has 0 spiro atoms. The summed E-state index contributed by atoms with van der Waals surface area (Å²) >= 11 is 1.11. The van der Waals surface area contributed by atoms with Crippen LogP contribution in [0.1, 0.15) is 0 Å². The zero-order valence-corrected chi connectivity index (χ0v) is 12.9. The van der Waals surface area contributed by atoms with Gasteiger partial charge in [-0.2, -0.15) is 4.31 Å². The molecule has 0 unspecified atom stereocenters. The molecule has 0 radical (unpaired) electrons. The van der Waals surface area contributed by atoms with Gasteiger partial charge < -0.3 is 0 Å². The Morgan fingerprint density at radius 3 is 2.58 bits per heavy atom. The average molecular weight is 324 g/mol. The van der Waals surface area contributed by atoms with Crippen LogP contribution in [0.25, 0.3) is 0 Å². The molecule has 1 aromatic heterocycles. The van der Waals surface area contributed by atoms with Crippen LogP contribution < -0.4 is 4.72 Å². The van der Waals surface area contributed by atoms with Gasteiger partial charge in [-0.3, -0.25) is 0 Å². The third kappa shape index (κ3) is 5.03. The van der Waals surface area contributed by atoms with Gasteiger partial charge in [0, 0.05) is 19.6 Å². The lowest BCUT2D eigenvalue weighted by Crippen LogP contribution is -2.37. The second-order valence-electron chi connectivity index (χ2n) is 3.74. The number of nitrogens with zero attached hydrogens (tertiary/aromatic N) is 1. The highest BCUT2D eigenvalue weighted by Gasteiger charge is 2.18. The summed E-state index contributed by atoms with van der Waals surface area (Å²) in [6.07, 6.45) is 2.53. The van der Waals surface area contributed by atoms with E-state index in [2.05, 4.69) is 11.3 Å². The first-order valence-corrected chi connectivity index (χ1v) is 9.57. The standard InChI is InChI=1S/C10H16N2O4S3/c1-3-7-12(18(2,13)14)8-6-11-19(15,16)10-5-4-9-17-10/h3-5,9,11H,1,6-8H2,2H3. The Morgan fingerprint density at radius 2 is 2.11 bits per heavy atom. The van der Waals surface area contributed by atoms with E-state index in [-0.39, 0.29) is 23.8 Å². The van der Waals surface area contributed by atoms with Crippen molar-refractivity contribution in [1.29, 1.82) is 0 Å². The molecule has 0 aromatic carbocycles. The first-order chi connectivity index (χ1) is 8.77. The predicted octanol–water partition coefficient (Wildman–Crippen LogP) is 0.474. The molecule has 0 saturated heterocycles. The van der Waals surface area contributed by atoms with Gasteiger partial charge >= 0.3 is 0 Å². The number of hydrogen-bond donors (Lipinski definition) is 1. The fourth-order valence-corrected chi connectivity index (χ4v) is 4.19. The Hall–Kier alpha value is -0.740. The Bertz CT molecular complexity index is 605. The summed E-state index contributed by atoms with van der Waals surface area (Å²) in [4.78, 5) is 0. The molecule has 0 amide bonds. The van der Waals surface area contributed by atoms with Gasteiger partial charge in [0.2, 0.25) is 20.0 Å². The van der Waals surface area contributed by atoms with E-state index in [1.165, 1.54) is 12.1 Å². The SMILES string of the molecule is C=CCN(CCNS(=O)(=O)c1cccs1)S(C)(=O)=O. The highest BCUT2D eigenvalue weighted by atomic mass is 32.2. The van der Waals surface area contributed by atoms with Crippen molar-refractivity contribution in [3.05, 3.63) is 30.2 Å². The van der Waals surface area contributed by atoms with E-state index in [0.29, 0.717) is 0 Å². The molecule has 1 aromatic rings. The maximum Gasteiger partial charge on any atom is 0.250 e. The number of rotatable bonds is 8. The van der Waals surface area contributed by atoms with Gasteiger partial charge in [-0.25, -0.2) is 21.6 Å². The second kappa shape index (κ2) is 6.62. The highest BCUT2D eigenvalue weighted by Crippen LogP contribution is 2.14. The van der Waals surface area contributed by atoms with E-state index in [9.17, 15) is 16.8 Å². The van der Waals surface area contributed by atoms with Crippen LogP contribution in [0.3, 0.4) is 0 Å². The molecule has 0 bridgehead atoms. The van der Waals surface area contributed by atoms with E-state index in [1.54, 1.807) is 11.4 Å². The smallest absolute Gasteiger partial charge is 0.212 e. The summed E-state index contributed by atoms with van der Waals surface area (Å²) in [5, 5.41) is 1.66. The molecule has 0 aliphatic carbocycles. The lowest BCUT2D eigenvalue weighted by atomic mass is 10.5. The van der Waals surface area contributed by atoms with Crippen LogP contribution >= 0.6 is 11.3 Å². The van der Waals surface area contributed by atoms with Crippen LogP contribution in [0.2, 0.25) is 0 Å². The average Bonchev–Trinajstić information content (AvgIpc) is 2.80. The van der Waals surface area contributed by atoms with Gasteiger partial charge in [-0.15, -0.1) is 17.9 Å². The maximum atomic E-state index is 11.8. The fourth-order valence-electron chi connectivity index (χ4n) is 1.33. The Kier molecular flexibility index (Phi) is 5.68. The molecule has 108 valence electrons. The minimum absolute atomic E-state index is 0.0150. The normalized spacial score (nSPS) is 12.7. The van der Waals surface area contributed by atoms with Crippen LogP contribution in [0.4, 0.5) is 0 Å². The van der Waals surface area contributed by atoms with Crippen molar-refractivity contribution in [3.8, 4) is 0 Å². The molecular formula is C10H16N2O4S3. The molecule has 0 aliphatic heterocycles. The number of sulfonamides is 2. The monoisotopic (exact) mass is 324 g/mol. The Labute approximate surface area is 117 Å². The minimum atomic E-state index is -3.55. The van der Waals surface area contributed by atoms with Crippen molar-refractivity contribution in [2.24, 2.45) is 0 Å². The van der Waals surface area contributed by atoms with Crippen molar-refractivity contribution in [1.82, 2.24) is 9.03 Å².